The minimum atomic E-state index is -2.40. The molecule has 1 saturated carbocycles. The minimum Gasteiger partial charge on any atom is -0.460 e. The van der Waals surface area contributed by atoms with Crippen molar-refractivity contribution >= 4 is 29.2 Å². The molecule has 0 spiro atoms. The molecule has 14 atom stereocenters. The van der Waals surface area contributed by atoms with Crippen LogP contribution in [0.4, 0.5) is 0 Å². The van der Waals surface area contributed by atoms with E-state index in [0.29, 0.717) is 63.4 Å². The van der Waals surface area contributed by atoms with Gasteiger partial charge in [0.05, 0.1) is 24.4 Å². The number of amides is 1. The molecule has 0 aromatic rings. The van der Waals surface area contributed by atoms with E-state index in [9.17, 15) is 39.3 Å². The summed E-state index contributed by atoms with van der Waals surface area (Å²) in [7, 11) is 4.58. The average Bonchev–Trinajstić information content (AvgIpc) is 3.28. The van der Waals surface area contributed by atoms with Crippen LogP contribution in [0.5, 0.6) is 0 Å². The lowest BCUT2D eigenvalue weighted by Gasteiger charge is -2.42. The third-order valence-electron chi connectivity index (χ3n) is 14.8. The molecule has 3 N–H and O–H groups in total. The van der Waals surface area contributed by atoms with Crippen molar-refractivity contribution in [1.29, 1.82) is 0 Å². The van der Waals surface area contributed by atoms with Gasteiger partial charge in [-0.2, -0.15) is 0 Å². The van der Waals surface area contributed by atoms with E-state index in [2.05, 4.69) is 6.08 Å². The fraction of sp³-hybridized carbons (Fsp3) is 0.820. The van der Waals surface area contributed by atoms with Gasteiger partial charge in [0.2, 0.25) is 5.79 Å². The second-order valence-electron chi connectivity index (χ2n) is 19.6. The average molecular weight is 904 g/mol. The van der Waals surface area contributed by atoms with E-state index >= 15 is 0 Å². The largest absolute Gasteiger partial charge is 0.460 e. The van der Waals surface area contributed by atoms with Crippen LogP contribution in [0.15, 0.2) is 23.3 Å². The first kappa shape index (κ1) is 53.8. The first-order chi connectivity index (χ1) is 30.4. The number of fused-ring (bicyclic) bond motifs is 3. The number of ether oxygens (including phenoxy) is 5. The van der Waals surface area contributed by atoms with Crippen molar-refractivity contribution in [3.8, 4) is 0 Å². The normalized spacial score (nSPS) is 39.2. The number of allylic oxidation sites excluding steroid dienone is 2. The van der Waals surface area contributed by atoms with Crippen LogP contribution in [0.3, 0.4) is 0 Å². The summed E-state index contributed by atoms with van der Waals surface area (Å²) in [6.07, 6.45) is 8.83. The van der Waals surface area contributed by atoms with Crippen LogP contribution in [-0.4, -0.2) is 132 Å². The van der Waals surface area contributed by atoms with Gasteiger partial charge in [0, 0.05) is 58.5 Å². The minimum absolute atomic E-state index is 0.100. The maximum atomic E-state index is 14.3. The summed E-state index contributed by atoms with van der Waals surface area (Å²) < 4.78 is 29.4. The van der Waals surface area contributed by atoms with E-state index in [-0.39, 0.29) is 60.9 Å². The van der Waals surface area contributed by atoms with Crippen LogP contribution in [0.25, 0.3) is 0 Å². The first-order valence-corrected chi connectivity index (χ1v) is 24.2. The van der Waals surface area contributed by atoms with Crippen LogP contribution in [0, 0.1) is 29.6 Å². The molecular formula is C50H81NO13. The van der Waals surface area contributed by atoms with Gasteiger partial charge in [0.25, 0.3) is 11.7 Å². The Morgan fingerprint density at radius 2 is 1.53 bits per heavy atom. The quantitative estimate of drug-likeness (QED) is 0.151. The number of rotatable bonds is 6. The van der Waals surface area contributed by atoms with Crippen LogP contribution < -0.4 is 0 Å². The van der Waals surface area contributed by atoms with Gasteiger partial charge in [-0.1, -0.05) is 59.1 Å². The number of hydrogen-bond acceptors (Lipinski definition) is 13. The topological polar surface area (TPSA) is 195 Å². The molecule has 2 bridgehead atoms. The number of ketones is 3. The number of aliphatic hydroxyl groups excluding tert-OH is 2. The van der Waals surface area contributed by atoms with Crippen molar-refractivity contribution in [2.75, 3.05) is 27.9 Å². The number of Topliss-reactive ketones (excluding diaryl/α,β-unsaturated/α-hetero) is 3. The second kappa shape index (κ2) is 25.3. The highest BCUT2D eigenvalue weighted by molar-refractivity contribution is 6.39. The van der Waals surface area contributed by atoms with E-state index in [4.69, 9.17) is 23.7 Å². The zero-order chi connectivity index (χ0) is 47.3. The van der Waals surface area contributed by atoms with Gasteiger partial charge in [-0.05, 0) is 114 Å². The molecule has 0 aromatic carbocycles. The number of nitrogens with zero attached hydrogens (tertiary/aromatic N) is 1. The standard InChI is InChI=1S/C50H81NO13/c1-30-17-13-11-10-12-14-18-31(2)44(54)46(62-9)45(55)34(5)25-32(3)40(53)29-42(33(4)26-36-21-23-39(52)43(27-36)61-8)63-49(58)38-19-15-16-24-51(38)48(57)47(56)50(59)35(6)20-22-37(64-50)28-41(30)60-7/h17,25,31-33,35-39,41-43,45-46,52,55,59H,10-16,18-24,26-29H2,1-9H3/b30-17+,34-25+/t31-,32-,33-,35-,36-,37+,38+,39-,41+,42+,43-,45-,46+,50-/m1/s1. The molecule has 2 saturated heterocycles. The van der Waals surface area contributed by atoms with Gasteiger partial charge in [-0.15, -0.1) is 0 Å². The Labute approximate surface area is 382 Å². The molecule has 3 aliphatic heterocycles. The number of carbonyl (C=O) groups is 5. The van der Waals surface area contributed by atoms with Crippen molar-refractivity contribution < 1.29 is 63.0 Å². The summed E-state index contributed by atoms with van der Waals surface area (Å²) in [6.45, 7) is 10.9. The first-order valence-electron chi connectivity index (χ1n) is 24.2. The van der Waals surface area contributed by atoms with Crippen LogP contribution >= 0.6 is 0 Å². The molecular weight excluding hydrogens is 823 g/mol. The summed E-state index contributed by atoms with van der Waals surface area (Å²) >= 11 is 0. The Morgan fingerprint density at radius 1 is 0.828 bits per heavy atom. The highest BCUT2D eigenvalue weighted by Gasteiger charge is 2.53. The fourth-order valence-electron chi connectivity index (χ4n) is 10.3. The van der Waals surface area contributed by atoms with E-state index in [0.717, 1.165) is 44.1 Å². The monoisotopic (exact) mass is 904 g/mol. The summed E-state index contributed by atoms with van der Waals surface area (Å²) in [6, 6.07) is -1.13. The summed E-state index contributed by atoms with van der Waals surface area (Å²) in [4.78, 5) is 71.6. The molecule has 3 heterocycles. The molecule has 14 heteroatoms. The molecule has 1 aliphatic carbocycles. The van der Waals surface area contributed by atoms with Gasteiger partial charge in [-0.3, -0.25) is 19.2 Å². The van der Waals surface area contributed by atoms with Crippen molar-refractivity contribution in [3.05, 3.63) is 23.3 Å². The molecule has 0 aromatic heterocycles. The molecule has 4 aliphatic rings. The third kappa shape index (κ3) is 14.1. The summed E-state index contributed by atoms with van der Waals surface area (Å²) in [5, 5.41) is 33.8. The molecule has 0 unspecified atom stereocenters. The molecule has 64 heavy (non-hydrogen) atoms. The van der Waals surface area contributed by atoms with Crippen molar-refractivity contribution in [2.45, 2.75) is 205 Å². The molecule has 1 amide bonds. The summed E-state index contributed by atoms with van der Waals surface area (Å²) in [5.74, 6) is -7.68. The Balaban J connectivity index is 1.66. The number of aliphatic hydroxyl groups is 3. The highest BCUT2D eigenvalue weighted by Crippen LogP contribution is 2.38. The maximum Gasteiger partial charge on any atom is 0.329 e. The fourth-order valence-corrected chi connectivity index (χ4v) is 10.3. The van der Waals surface area contributed by atoms with E-state index in [1.165, 1.54) is 12.0 Å². The van der Waals surface area contributed by atoms with Crippen molar-refractivity contribution in [1.82, 2.24) is 4.90 Å². The van der Waals surface area contributed by atoms with Crippen LogP contribution in [-0.2, 0) is 47.7 Å². The van der Waals surface area contributed by atoms with E-state index in [1.54, 1.807) is 41.1 Å². The van der Waals surface area contributed by atoms with E-state index in [1.807, 2.05) is 20.8 Å². The molecule has 364 valence electrons. The lowest BCUT2D eigenvalue weighted by Crippen LogP contribution is -2.61. The number of carbonyl (C=O) groups excluding carboxylic acids is 5. The highest BCUT2D eigenvalue weighted by atomic mass is 16.6. The summed E-state index contributed by atoms with van der Waals surface area (Å²) in [5.41, 5.74) is 1.41. The zero-order valence-corrected chi connectivity index (χ0v) is 40.3. The predicted molar refractivity (Wildman–Crippen MR) is 241 cm³/mol. The predicted octanol–water partition coefficient (Wildman–Crippen LogP) is 6.38. The van der Waals surface area contributed by atoms with Gasteiger partial charge < -0.3 is 43.9 Å². The van der Waals surface area contributed by atoms with Crippen molar-refractivity contribution in [2.24, 2.45) is 29.6 Å². The number of cyclic esters (lactones) is 1. The number of methoxy groups -OCH3 is 3. The Kier molecular flexibility index (Phi) is 21.3. The molecule has 3 fully saturated rings. The van der Waals surface area contributed by atoms with Crippen LogP contribution in [0.1, 0.15) is 151 Å². The Bertz CT molecular complexity index is 1630. The van der Waals surface area contributed by atoms with Gasteiger partial charge in [0.15, 0.2) is 5.78 Å². The Hall–Kier alpha value is -2.85. The third-order valence-corrected chi connectivity index (χ3v) is 14.8. The SMILES string of the molecule is CO[C@H]1C[C@@H]2CC[C@@H](C)[C@@](O)(O2)C(=O)C(=O)N2CCCC[C@H]2C(=O)O[C@H]([C@H](C)C[C@H]2CC[C@@H](O)[C@H](OC)C2)CC(=O)[C@H](C)/C=C(\C)[C@@H](O)[C@@H](OC)C(=O)[C@H](C)CCCCCC/C=C/1C. The second-order valence-corrected chi connectivity index (χ2v) is 19.6. The zero-order valence-electron chi connectivity index (χ0n) is 40.3. The van der Waals surface area contributed by atoms with Gasteiger partial charge in [-0.25, -0.2) is 4.79 Å². The lowest BCUT2D eigenvalue weighted by atomic mass is 9.78. The van der Waals surface area contributed by atoms with Crippen LogP contribution in [0.2, 0.25) is 0 Å². The van der Waals surface area contributed by atoms with E-state index < -0.39 is 71.8 Å². The van der Waals surface area contributed by atoms with Crippen molar-refractivity contribution in [3.63, 3.8) is 0 Å². The smallest absolute Gasteiger partial charge is 0.329 e. The molecule has 14 nitrogen and oxygen atoms in total. The number of esters is 1. The number of piperidine rings is 1. The van der Waals surface area contributed by atoms with Gasteiger partial charge >= 0.3 is 5.97 Å². The number of hydrogen-bond donors (Lipinski definition) is 3. The maximum absolute atomic E-state index is 14.3. The molecule has 4 rings (SSSR count). The Morgan fingerprint density at radius 3 is 2.22 bits per heavy atom. The lowest BCUT2D eigenvalue weighted by molar-refractivity contribution is -0.265. The van der Waals surface area contributed by atoms with Gasteiger partial charge in [0.1, 0.15) is 30.1 Å². The molecule has 0 radical (unpaired) electrons.